The summed E-state index contributed by atoms with van der Waals surface area (Å²) in [6.45, 7) is 9.78. The van der Waals surface area contributed by atoms with Gasteiger partial charge < -0.3 is 18.8 Å². The van der Waals surface area contributed by atoms with Crippen LogP contribution in [0.4, 0.5) is 0 Å². The molecule has 0 unspecified atom stereocenters. The van der Waals surface area contributed by atoms with Crippen LogP contribution in [0.1, 0.15) is 59.7 Å². The van der Waals surface area contributed by atoms with Gasteiger partial charge in [0.05, 0.1) is 47.7 Å². The Balaban J connectivity index is 1.61. The van der Waals surface area contributed by atoms with E-state index >= 15 is 0 Å². The van der Waals surface area contributed by atoms with Gasteiger partial charge in [-0.3, -0.25) is 9.36 Å². The summed E-state index contributed by atoms with van der Waals surface area (Å²) in [7, 11) is 1.59. The zero-order valence-electron chi connectivity index (χ0n) is 25.0. The topological polar surface area (TPSA) is 101 Å². The van der Waals surface area contributed by atoms with Crippen molar-refractivity contribution in [2.24, 2.45) is 4.99 Å². The van der Waals surface area contributed by atoms with E-state index in [4.69, 9.17) is 14.2 Å². The molecule has 1 atom stereocenters. The van der Waals surface area contributed by atoms with E-state index in [0.29, 0.717) is 38.5 Å². The maximum absolute atomic E-state index is 14.0. The average molecular weight is 600 g/mol. The van der Waals surface area contributed by atoms with E-state index in [1.54, 1.807) is 56.7 Å². The van der Waals surface area contributed by atoms with Gasteiger partial charge in [0.15, 0.2) is 4.80 Å². The Kier molecular flexibility index (Phi) is 8.50. The summed E-state index contributed by atoms with van der Waals surface area (Å²) in [6, 6.07) is 15.8. The van der Waals surface area contributed by atoms with Gasteiger partial charge in [0.2, 0.25) is 0 Å². The Labute approximate surface area is 253 Å². The van der Waals surface area contributed by atoms with E-state index in [-0.39, 0.29) is 18.1 Å². The van der Waals surface area contributed by atoms with Gasteiger partial charge in [-0.15, -0.1) is 0 Å². The molecule has 3 heterocycles. The fourth-order valence-corrected chi connectivity index (χ4v) is 6.36. The zero-order valence-corrected chi connectivity index (χ0v) is 25.8. The summed E-state index contributed by atoms with van der Waals surface area (Å²) in [5, 5.41) is 0. The van der Waals surface area contributed by atoms with Crippen LogP contribution in [0.2, 0.25) is 0 Å². The highest BCUT2D eigenvalue weighted by atomic mass is 32.1. The van der Waals surface area contributed by atoms with Gasteiger partial charge in [-0.05, 0) is 94.3 Å². The molecule has 0 saturated heterocycles. The first-order valence-electron chi connectivity index (χ1n) is 14.0. The summed E-state index contributed by atoms with van der Waals surface area (Å²) in [4.78, 5) is 44.4. The van der Waals surface area contributed by atoms with Crippen molar-refractivity contribution in [3.05, 3.63) is 114 Å². The lowest BCUT2D eigenvalue weighted by molar-refractivity contribution is -0.139. The fraction of sp³-hybridized carbons (Fsp3) is 0.273. The van der Waals surface area contributed by atoms with Crippen molar-refractivity contribution in [3.8, 4) is 11.4 Å². The number of esters is 2. The number of aromatic nitrogens is 2. The van der Waals surface area contributed by atoms with Crippen molar-refractivity contribution in [2.75, 3.05) is 20.3 Å². The summed E-state index contributed by atoms with van der Waals surface area (Å²) >= 11 is 1.28. The first kappa shape index (κ1) is 29.8. The van der Waals surface area contributed by atoms with Gasteiger partial charge in [0.25, 0.3) is 5.56 Å². The summed E-state index contributed by atoms with van der Waals surface area (Å²) in [6.07, 6.45) is 1.87. The number of rotatable bonds is 8. The second-order valence-electron chi connectivity index (χ2n) is 10.0. The van der Waals surface area contributed by atoms with E-state index in [9.17, 15) is 14.4 Å². The number of carbonyl (C=O) groups excluding carboxylic acids is 2. The van der Waals surface area contributed by atoms with Crippen molar-refractivity contribution in [1.82, 2.24) is 9.13 Å². The highest BCUT2D eigenvalue weighted by molar-refractivity contribution is 7.07. The lowest BCUT2D eigenvalue weighted by Crippen LogP contribution is -2.39. The van der Waals surface area contributed by atoms with Gasteiger partial charge in [-0.2, -0.15) is 0 Å². The summed E-state index contributed by atoms with van der Waals surface area (Å²) in [5.41, 5.74) is 5.49. The minimum Gasteiger partial charge on any atom is -0.497 e. The Morgan fingerprint density at radius 3 is 2.23 bits per heavy atom. The zero-order chi connectivity index (χ0) is 30.8. The smallest absolute Gasteiger partial charge is 0.338 e. The van der Waals surface area contributed by atoms with E-state index in [0.717, 1.165) is 28.2 Å². The predicted octanol–water partition coefficient (Wildman–Crippen LogP) is 4.39. The van der Waals surface area contributed by atoms with Crippen LogP contribution in [0.3, 0.4) is 0 Å². The molecule has 0 N–H and O–H groups in total. The van der Waals surface area contributed by atoms with Gasteiger partial charge in [-0.1, -0.05) is 23.5 Å². The number of ether oxygens (including phenoxy) is 3. The van der Waals surface area contributed by atoms with E-state index in [2.05, 4.69) is 9.56 Å². The molecule has 0 radical (unpaired) electrons. The number of aryl methyl sites for hydroxylation is 1. The molecule has 2 aromatic heterocycles. The molecule has 1 aliphatic heterocycles. The highest BCUT2D eigenvalue weighted by Crippen LogP contribution is 2.31. The Morgan fingerprint density at radius 1 is 0.953 bits per heavy atom. The SMILES string of the molecule is CCOC(=O)C1=C(C)N=c2s/c(=C/c3cc(C)n(-c4ccc(C(=O)OCC)cc4)c3C)c(=O)n2[C@@H]1c1ccc(OC)cc1. The number of benzene rings is 2. The van der Waals surface area contributed by atoms with Crippen LogP contribution < -0.4 is 19.6 Å². The minimum absolute atomic E-state index is 0.205. The van der Waals surface area contributed by atoms with Crippen molar-refractivity contribution in [3.63, 3.8) is 0 Å². The summed E-state index contributed by atoms with van der Waals surface area (Å²) < 4.78 is 19.9. The molecule has 0 saturated carbocycles. The molecule has 1 aliphatic rings. The largest absolute Gasteiger partial charge is 0.497 e. The van der Waals surface area contributed by atoms with Crippen LogP contribution >= 0.6 is 11.3 Å². The van der Waals surface area contributed by atoms with E-state index in [1.165, 1.54) is 11.3 Å². The fourth-order valence-electron chi connectivity index (χ4n) is 5.33. The van der Waals surface area contributed by atoms with Gasteiger partial charge >= 0.3 is 11.9 Å². The Hall–Kier alpha value is -4.70. The number of nitrogens with zero attached hydrogens (tertiary/aromatic N) is 3. The average Bonchev–Trinajstić information content (AvgIpc) is 3.45. The lowest BCUT2D eigenvalue weighted by atomic mass is 9.96. The van der Waals surface area contributed by atoms with E-state index < -0.39 is 12.0 Å². The second-order valence-corrected chi connectivity index (χ2v) is 11.0. The third-order valence-corrected chi connectivity index (χ3v) is 8.33. The predicted molar refractivity (Wildman–Crippen MR) is 165 cm³/mol. The number of fused-ring (bicyclic) bond motifs is 1. The normalized spacial score (nSPS) is 14.7. The van der Waals surface area contributed by atoms with Crippen LogP contribution in [-0.4, -0.2) is 41.4 Å². The molecule has 10 heteroatoms. The molecule has 222 valence electrons. The number of carbonyl (C=O) groups is 2. The molecule has 0 amide bonds. The molecule has 0 fully saturated rings. The maximum Gasteiger partial charge on any atom is 0.338 e. The van der Waals surface area contributed by atoms with Crippen molar-refractivity contribution < 1.29 is 23.8 Å². The standard InChI is InChI=1S/C33H33N3O6S/c1-7-41-31(38)23-9-13-25(14-10-23)35-19(3)17-24(21(35)5)18-27-30(37)36-29(22-11-15-26(40-6)16-12-22)28(32(39)42-8-2)20(4)34-33(36)43-27/h9-18,29H,7-8H2,1-6H3/b27-18+/t29-/m1/s1. The van der Waals surface area contributed by atoms with Crippen LogP contribution in [0, 0.1) is 13.8 Å². The first-order valence-corrected chi connectivity index (χ1v) is 14.8. The molecule has 43 heavy (non-hydrogen) atoms. The number of hydrogen-bond acceptors (Lipinski definition) is 8. The number of methoxy groups -OCH3 is 1. The molecule has 9 nitrogen and oxygen atoms in total. The second kappa shape index (κ2) is 12.3. The van der Waals surface area contributed by atoms with Crippen LogP contribution in [0.25, 0.3) is 11.8 Å². The van der Waals surface area contributed by atoms with Gasteiger partial charge in [0.1, 0.15) is 5.75 Å². The molecule has 0 spiro atoms. The molecular formula is C33H33N3O6S. The van der Waals surface area contributed by atoms with Crippen molar-refractivity contribution in [1.29, 1.82) is 0 Å². The number of hydrogen-bond donors (Lipinski definition) is 0. The Bertz CT molecular complexity index is 1910. The van der Waals surface area contributed by atoms with Crippen molar-refractivity contribution in [2.45, 2.75) is 40.7 Å². The third kappa shape index (κ3) is 5.58. The maximum atomic E-state index is 14.0. The Morgan fingerprint density at radius 2 is 1.60 bits per heavy atom. The third-order valence-electron chi connectivity index (χ3n) is 7.34. The first-order chi connectivity index (χ1) is 20.7. The lowest BCUT2D eigenvalue weighted by Gasteiger charge is -2.24. The van der Waals surface area contributed by atoms with Crippen LogP contribution in [0.5, 0.6) is 5.75 Å². The summed E-state index contributed by atoms with van der Waals surface area (Å²) in [5.74, 6) is -0.197. The van der Waals surface area contributed by atoms with Crippen LogP contribution in [-0.2, 0) is 14.3 Å². The molecule has 0 aliphatic carbocycles. The molecule has 5 rings (SSSR count). The highest BCUT2D eigenvalue weighted by Gasteiger charge is 2.33. The number of allylic oxidation sites excluding steroid dienone is 1. The molecule has 2 aromatic carbocycles. The molecule has 4 aromatic rings. The van der Waals surface area contributed by atoms with Gasteiger partial charge in [0, 0.05) is 17.1 Å². The van der Waals surface area contributed by atoms with E-state index in [1.807, 2.05) is 50.3 Å². The van der Waals surface area contributed by atoms with Gasteiger partial charge in [-0.25, -0.2) is 14.6 Å². The monoisotopic (exact) mass is 599 g/mol. The minimum atomic E-state index is -0.700. The molecule has 0 bridgehead atoms. The molecular weight excluding hydrogens is 566 g/mol. The number of thiazole rings is 1. The van der Waals surface area contributed by atoms with Crippen molar-refractivity contribution >= 4 is 29.4 Å². The van der Waals surface area contributed by atoms with Crippen LogP contribution in [0.15, 0.2) is 75.7 Å². The quantitative estimate of drug-likeness (QED) is 0.279.